The summed E-state index contributed by atoms with van der Waals surface area (Å²) in [4.78, 5) is 0. The maximum absolute atomic E-state index is 2.44. The van der Waals surface area contributed by atoms with Gasteiger partial charge in [-0.1, -0.05) is 51.2 Å². The Hall–Kier alpha value is -1.41. The van der Waals surface area contributed by atoms with E-state index >= 15 is 0 Å². The predicted octanol–water partition coefficient (Wildman–Crippen LogP) is 4.46. The van der Waals surface area contributed by atoms with E-state index in [1.54, 1.807) is 5.19 Å². The molecule has 0 aliphatic rings. The Labute approximate surface area is 137 Å². The Morgan fingerprint density at radius 3 is 2.18 bits per heavy atom. The Balaban J connectivity index is 2.74. The summed E-state index contributed by atoms with van der Waals surface area (Å²) in [5, 5.41) is 1.58. The molecule has 1 aromatic heterocycles. The van der Waals surface area contributed by atoms with Gasteiger partial charge in [-0.2, -0.15) is 0 Å². The molecule has 0 saturated heterocycles. The SMILES string of the molecule is Cc1ccc(C)c(-c2cc(C(C)C)c([Si](C)(C)C)c[n+]2C)c1. The summed E-state index contributed by atoms with van der Waals surface area (Å²) in [5.41, 5.74) is 6.87. The Bertz CT molecular complexity index is 694. The van der Waals surface area contributed by atoms with E-state index in [0.29, 0.717) is 5.92 Å². The maximum atomic E-state index is 2.44. The second-order valence-corrected chi connectivity index (χ2v) is 12.9. The minimum atomic E-state index is -1.34. The highest BCUT2D eigenvalue weighted by Gasteiger charge is 2.27. The van der Waals surface area contributed by atoms with Crippen LogP contribution < -0.4 is 9.75 Å². The van der Waals surface area contributed by atoms with Gasteiger partial charge in [0, 0.05) is 16.8 Å². The van der Waals surface area contributed by atoms with Crippen LogP contribution in [-0.2, 0) is 7.05 Å². The lowest BCUT2D eigenvalue weighted by Crippen LogP contribution is -2.47. The number of aryl methyl sites for hydroxylation is 3. The van der Waals surface area contributed by atoms with E-state index in [0.717, 1.165) is 0 Å². The van der Waals surface area contributed by atoms with Crippen molar-refractivity contribution in [2.24, 2.45) is 7.05 Å². The van der Waals surface area contributed by atoms with Gasteiger partial charge in [0.25, 0.3) is 0 Å². The van der Waals surface area contributed by atoms with Crippen LogP contribution in [0.15, 0.2) is 30.5 Å². The lowest BCUT2D eigenvalue weighted by Gasteiger charge is -2.22. The van der Waals surface area contributed by atoms with Gasteiger partial charge in [-0.25, -0.2) is 4.57 Å². The molecular weight excluding hydrogens is 282 g/mol. The molecule has 0 bridgehead atoms. The number of benzene rings is 1. The van der Waals surface area contributed by atoms with Gasteiger partial charge >= 0.3 is 0 Å². The van der Waals surface area contributed by atoms with Crippen molar-refractivity contribution in [1.29, 1.82) is 0 Å². The molecule has 0 radical (unpaired) electrons. The molecule has 0 atom stereocenters. The van der Waals surface area contributed by atoms with Crippen LogP contribution in [0.4, 0.5) is 0 Å². The Morgan fingerprint density at radius 2 is 1.64 bits per heavy atom. The van der Waals surface area contributed by atoms with E-state index in [9.17, 15) is 0 Å². The Morgan fingerprint density at radius 1 is 1.00 bits per heavy atom. The highest BCUT2D eigenvalue weighted by atomic mass is 28.3. The minimum absolute atomic E-state index is 0.562. The zero-order chi connectivity index (χ0) is 16.7. The second-order valence-electron chi connectivity index (χ2n) is 7.86. The van der Waals surface area contributed by atoms with Gasteiger partial charge in [-0.3, -0.25) is 0 Å². The van der Waals surface area contributed by atoms with Crippen LogP contribution in [0.3, 0.4) is 0 Å². The van der Waals surface area contributed by atoms with Crippen molar-refractivity contribution in [1.82, 2.24) is 0 Å². The van der Waals surface area contributed by atoms with Crippen molar-refractivity contribution in [3.8, 4) is 11.3 Å². The molecule has 0 aliphatic carbocycles. The van der Waals surface area contributed by atoms with Crippen LogP contribution in [0.25, 0.3) is 11.3 Å². The number of hydrogen-bond donors (Lipinski definition) is 0. The fourth-order valence-electron chi connectivity index (χ4n) is 3.05. The molecule has 2 aromatic rings. The first-order valence-electron chi connectivity index (χ1n) is 8.23. The molecule has 118 valence electrons. The molecule has 1 heterocycles. The highest BCUT2D eigenvalue weighted by molar-refractivity contribution is 6.89. The summed E-state index contributed by atoms with van der Waals surface area (Å²) in [6.45, 7) is 16.3. The number of rotatable bonds is 3. The van der Waals surface area contributed by atoms with Crippen LogP contribution in [0, 0.1) is 13.8 Å². The molecule has 1 nitrogen and oxygen atoms in total. The monoisotopic (exact) mass is 312 g/mol. The highest BCUT2D eigenvalue weighted by Crippen LogP contribution is 2.25. The van der Waals surface area contributed by atoms with Crippen molar-refractivity contribution < 1.29 is 4.57 Å². The van der Waals surface area contributed by atoms with Crippen LogP contribution >= 0.6 is 0 Å². The zero-order valence-electron chi connectivity index (χ0n) is 15.4. The van der Waals surface area contributed by atoms with Crippen LogP contribution in [0.5, 0.6) is 0 Å². The Kier molecular flexibility index (Phi) is 4.62. The van der Waals surface area contributed by atoms with E-state index in [2.05, 4.69) is 89.4 Å². The number of pyridine rings is 1. The fourth-order valence-corrected chi connectivity index (χ4v) is 4.86. The summed E-state index contributed by atoms with van der Waals surface area (Å²) in [5.74, 6) is 0.562. The predicted molar refractivity (Wildman–Crippen MR) is 99.6 cm³/mol. The van der Waals surface area contributed by atoms with E-state index in [1.807, 2.05) is 0 Å². The third kappa shape index (κ3) is 3.32. The molecule has 0 spiro atoms. The maximum Gasteiger partial charge on any atom is 0.212 e. The normalized spacial score (nSPS) is 12.0. The topological polar surface area (TPSA) is 3.88 Å². The third-order valence-corrected chi connectivity index (χ3v) is 6.44. The summed E-state index contributed by atoms with van der Waals surface area (Å²) >= 11 is 0. The van der Waals surface area contributed by atoms with Crippen molar-refractivity contribution in [3.05, 3.63) is 47.2 Å². The molecule has 2 rings (SSSR count). The van der Waals surface area contributed by atoms with E-state index < -0.39 is 8.07 Å². The van der Waals surface area contributed by atoms with E-state index in [-0.39, 0.29) is 0 Å². The molecule has 0 fully saturated rings. The summed E-state index contributed by atoms with van der Waals surface area (Å²) in [6, 6.07) is 9.16. The van der Waals surface area contributed by atoms with Crippen LogP contribution in [0.1, 0.15) is 36.5 Å². The van der Waals surface area contributed by atoms with Gasteiger partial charge in [0.15, 0.2) is 6.20 Å². The first-order chi connectivity index (χ1) is 10.1. The molecule has 0 N–H and O–H groups in total. The molecule has 0 amide bonds. The summed E-state index contributed by atoms with van der Waals surface area (Å²) < 4.78 is 2.32. The lowest BCUT2D eigenvalue weighted by molar-refractivity contribution is -0.659. The lowest BCUT2D eigenvalue weighted by atomic mass is 9.97. The molecule has 2 heteroatoms. The minimum Gasteiger partial charge on any atom is -0.201 e. The fraction of sp³-hybridized carbons (Fsp3) is 0.450. The molecule has 0 saturated carbocycles. The van der Waals surface area contributed by atoms with Gasteiger partial charge in [-0.15, -0.1) is 0 Å². The molecular formula is C20H30NSi+. The zero-order valence-corrected chi connectivity index (χ0v) is 16.4. The van der Waals surface area contributed by atoms with Crippen molar-refractivity contribution in [3.63, 3.8) is 0 Å². The van der Waals surface area contributed by atoms with Gasteiger partial charge in [0.2, 0.25) is 5.69 Å². The molecule has 0 unspecified atom stereocenters. The van der Waals surface area contributed by atoms with Crippen LogP contribution in [0.2, 0.25) is 19.6 Å². The van der Waals surface area contributed by atoms with Gasteiger partial charge in [0.1, 0.15) is 7.05 Å². The van der Waals surface area contributed by atoms with E-state index in [1.165, 1.54) is 27.9 Å². The summed E-state index contributed by atoms with van der Waals surface area (Å²) in [6.07, 6.45) is 2.39. The smallest absolute Gasteiger partial charge is 0.201 e. The first kappa shape index (κ1) is 16.9. The van der Waals surface area contributed by atoms with Gasteiger partial charge in [-0.05, 0) is 37.0 Å². The van der Waals surface area contributed by atoms with Crippen molar-refractivity contribution in [2.45, 2.75) is 53.3 Å². The first-order valence-corrected chi connectivity index (χ1v) is 11.7. The standard InChI is InChI=1S/C20H30NSi/c1-14(2)17-12-19(18-11-15(3)9-10-16(18)4)21(5)13-20(17)22(6,7)8/h9-14H,1-8H3/q+1. The molecule has 22 heavy (non-hydrogen) atoms. The van der Waals surface area contributed by atoms with Crippen LogP contribution in [-0.4, -0.2) is 8.07 Å². The molecule has 0 aliphatic heterocycles. The number of nitrogens with zero attached hydrogens (tertiary/aromatic N) is 1. The largest absolute Gasteiger partial charge is 0.212 e. The van der Waals surface area contributed by atoms with E-state index in [4.69, 9.17) is 0 Å². The number of hydrogen-bond acceptors (Lipinski definition) is 0. The number of aromatic nitrogens is 1. The van der Waals surface area contributed by atoms with Crippen molar-refractivity contribution in [2.75, 3.05) is 0 Å². The van der Waals surface area contributed by atoms with Crippen molar-refractivity contribution >= 4 is 13.3 Å². The van der Waals surface area contributed by atoms with Gasteiger partial charge < -0.3 is 0 Å². The average Bonchev–Trinajstić information content (AvgIpc) is 2.40. The molecule has 1 aromatic carbocycles. The second kappa shape index (κ2) is 6.00. The summed E-state index contributed by atoms with van der Waals surface area (Å²) in [7, 11) is 0.844. The quantitative estimate of drug-likeness (QED) is 0.582. The average molecular weight is 313 g/mol. The van der Waals surface area contributed by atoms with Gasteiger partial charge in [0.05, 0.1) is 8.07 Å². The third-order valence-electron chi connectivity index (χ3n) is 4.41.